The third-order valence-electron chi connectivity index (χ3n) is 4.84. The predicted molar refractivity (Wildman–Crippen MR) is 106 cm³/mol. The van der Waals surface area contributed by atoms with Crippen molar-refractivity contribution < 1.29 is 9.13 Å². The summed E-state index contributed by atoms with van der Waals surface area (Å²) in [7, 11) is 0. The Morgan fingerprint density at radius 3 is 2.71 bits per heavy atom. The first-order chi connectivity index (χ1) is 13.7. The lowest BCUT2D eigenvalue weighted by Crippen LogP contribution is -2.35. The Bertz CT molecular complexity index is 1010. The SMILES string of the molecule is O=c1cc(Cc2cccc(F)c2)nc(-c2ccccc2CN2CCOCC2)[nH]1. The summed E-state index contributed by atoms with van der Waals surface area (Å²) in [4.78, 5) is 22.1. The van der Waals surface area contributed by atoms with Gasteiger partial charge < -0.3 is 9.72 Å². The normalized spacial score (nSPS) is 14.9. The number of nitrogens with zero attached hydrogens (tertiary/aromatic N) is 2. The van der Waals surface area contributed by atoms with Gasteiger partial charge in [-0.2, -0.15) is 0 Å². The Labute approximate surface area is 162 Å². The quantitative estimate of drug-likeness (QED) is 0.740. The van der Waals surface area contributed by atoms with Crippen LogP contribution in [0.2, 0.25) is 0 Å². The lowest BCUT2D eigenvalue weighted by atomic mass is 10.1. The van der Waals surface area contributed by atoms with E-state index in [-0.39, 0.29) is 11.4 Å². The van der Waals surface area contributed by atoms with Gasteiger partial charge in [0.15, 0.2) is 0 Å². The number of halogens is 1. The molecule has 0 spiro atoms. The van der Waals surface area contributed by atoms with Crippen molar-refractivity contribution in [2.24, 2.45) is 0 Å². The molecule has 2 heterocycles. The molecule has 0 bridgehead atoms. The van der Waals surface area contributed by atoms with E-state index in [0.717, 1.165) is 49.5 Å². The number of ether oxygens (including phenoxy) is 1. The summed E-state index contributed by atoms with van der Waals surface area (Å²) in [6, 6.07) is 15.8. The minimum atomic E-state index is -0.293. The van der Waals surface area contributed by atoms with Gasteiger partial charge in [-0.25, -0.2) is 9.37 Å². The van der Waals surface area contributed by atoms with E-state index in [0.29, 0.717) is 17.9 Å². The Morgan fingerprint density at radius 2 is 1.89 bits per heavy atom. The van der Waals surface area contributed by atoms with Gasteiger partial charge in [-0.15, -0.1) is 0 Å². The highest BCUT2D eigenvalue weighted by molar-refractivity contribution is 5.60. The number of morpholine rings is 1. The topological polar surface area (TPSA) is 58.2 Å². The van der Waals surface area contributed by atoms with E-state index in [1.165, 1.54) is 18.2 Å². The van der Waals surface area contributed by atoms with Gasteiger partial charge in [0.25, 0.3) is 5.56 Å². The minimum Gasteiger partial charge on any atom is -0.379 e. The molecular formula is C22H22FN3O2. The van der Waals surface area contributed by atoms with Gasteiger partial charge in [0.05, 0.1) is 18.9 Å². The average molecular weight is 379 g/mol. The zero-order chi connectivity index (χ0) is 19.3. The maximum atomic E-state index is 13.5. The smallest absolute Gasteiger partial charge is 0.251 e. The number of hydrogen-bond acceptors (Lipinski definition) is 4. The van der Waals surface area contributed by atoms with E-state index in [1.807, 2.05) is 24.3 Å². The second kappa shape index (κ2) is 8.46. The molecule has 0 unspecified atom stereocenters. The maximum Gasteiger partial charge on any atom is 0.251 e. The van der Waals surface area contributed by atoms with Crippen LogP contribution < -0.4 is 5.56 Å². The van der Waals surface area contributed by atoms with Crippen molar-refractivity contribution in [1.82, 2.24) is 14.9 Å². The number of aromatic nitrogens is 2. The predicted octanol–water partition coefficient (Wildman–Crippen LogP) is 3.00. The van der Waals surface area contributed by atoms with E-state index in [4.69, 9.17) is 4.74 Å². The first-order valence-corrected chi connectivity index (χ1v) is 9.40. The molecule has 1 saturated heterocycles. The van der Waals surface area contributed by atoms with E-state index in [9.17, 15) is 9.18 Å². The van der Waals surface area contributed by atoms with Crippen LogP contribution in [0.4, 0.5) is 4.39 Å². The van der Waals surface area contributed by atoms with Gasteiger partial charge in [-0.05, 0) is 23.3 Å². The van der Waals surface area contributed by atoms with Crippen LogP contribution in [0.3, 0.4) is 0 Å². The molecule has 0 saturated carbocycles. The van der Waals surface area contributed by atoms with Gasteiger partial charge >= 0.3 is 0 Å². The van der Waals surface area contributed by atoms with Crippen LogP contribution in [0.1, 0.15) is 16.8 Å². The molecule has 1 fully saturated rings. The number of aromatic amines is 1. The highest BCUT2D eigenvalue weighted by Crippen LogP contribution is 2.22. The highest BCUT2D eigenvalue weighted by Gasteiger charge is 2.15. The van der Waals surface area contributed by atoms with E-state index < -0.39 is 0 Å². The average Bonchev–Trinajstić information content (AvgIpc) is 2.69. The summed E-state index contributed by atoms with van der Waals surface area (Å²) in [6.45, 7) is 4.02. The van der Waals surface area contributed by atoms with Crippen molar-refractivity contribution in [3.05, 3.63) is 87.6 Å². The largest absolute Gasteiger partial charge is 0.379 e. The van der Waals surface area contributed by atoms with Crippen LogP contribution in [0.25, 0.3) is 11.4 Å². The fraction of sp³-hybridized carbons (Fsp3) is 0.273. The summed E-state index contributed by atoms with van der Waals surface area (Å²) in [5.41, 5.74) is 3.20. The Balaban J connectivity index is 1.64. The molecule has 0 atom stereocenters. The Morgan fingerprint density at radius 1 is 1.07 bits per heavy atom. The van der Waals surface area contributed by atoms with Crippen molar-refractivity contribution in [3.8, 4) is 11.4 Å². The fourth-order valence-corrected chi connectivity index (χ4v) is 3.47. The van der Waals surface area contributed by atoms with Gasteiger partial charge in [-0.3, -0.25) is 9.69 Å². The van der Waals surface area contributed by atoms with Crippen LogP contribution >= 0.6 is 0 Å². The Kier molecular flexibility index (Phi) is 5.60. The summed E-state index contributed by atoms with van der Waals surface area (Å²) >= 11 is 0. The molecule has 2 aromatic carbocycles. The molecule has 1 N–H and O–H groups in total. The molecular weight excluding hydrogens is 357 g/mol. The molecule has 6 heteroatoms. The molecule has 4 rings (SSSR count). The zero-order valence-corrected chi connectivity index (χ0v) is 15.5. The summed E-state index contributed by atoms with van der Waals surface area (Å²) in [6.07, 6.45) is 0.403. The number of H-pyrrole nitrogens is 1. The Hall–Kier alpha value is -2.83. The van der Waals surface area contributed by atoms with Gasteiger partial charge in [0.1, 0.15) is 11.6 Å². The van der Waals surface area contributed by atoms with Crippen LogP contribution in [-0.4, -0.2) is 41.2 Å². The molecule has 0 radical (unpaired) electrons. The number of nitrogens with one attached hydrogen (secondary N) is 1. The first kappa shape index (κ1) is 18.5. The van der Waals surface area contributed by atoms with Crippen LogP contribution in [0, 0.1) is 5.82 Å². The van der Waals surface area contributed by atoms with Crippen molar-refractivity contribution in [2.75, 3.05) is 26.3 Å². The fourth-order valence-electron chi connectivity index (χ4n) is 3.47. The van der Waals surface area contributed by atoms with E-state index in [2.05, 4.69) is 20.9 Å². The molecule has 28 heavy (non-hydrogen) atoms. The molecule has 0 aliphatic carbocycles. The maximum absolute atomic E-state index is 13.5. The number of rotatable bonds is 5. The standard InChI is InChI=1S/C22H22FN3O2/c23-18-6-3-4-16(12-18)13-19-14-21(27)25-22(24-19)20-7-2-1-5-17(20)15-26-8-10-28-11-9-26/h1-7,12,14H,8-11,13,15H2,(H,24,25,27). The number of benzene rings is 2. The third kappa shape index (κ3) is 4.52. The molecule has 5 nitrogen and oxygen atoms in total. The molecule has 1 aliphatic heterocycles. The summed E-state index contributed by atoms with van der Waals surface area (Å²) in [5, 5.41) is 0. The monoisotopic (exact) mass is 379 g/mol. The lowest BCUT2D eigenvalue weighted by molar-refractivity contribution is 0.0342. The molecule has 3 aromatic rings. The third-order valence-corrected chi connectivity index (χ3v) is 4.84. The zero-order valence-electron chi connectivity index (χ0n) is 15.5. The highest BCUT2D eigenvalue weighted by atomic mass is 19.1. The summed E-state index contributed by atoms with van der Waals surface area (Å²) < 4.78 is 18.9. The molecule has 1 aromatic heterocycles. The van der Waals surface area contributed by atoms with Crippen molar-refractivity contribution in [1.29, 1.82) is 0 Å². The van der Waals surface area contributed by atoms with E-state index in [1.54, 1.807) is 6.07 Å². The van der Waals surface area contributed by atoms with Crippen LogP contribution in [-0.2, 0) is 17.7 Å². The van der Waals surface area contributed by atoms with Crippen LogP contribution in [0.5, 0.6) is 0 Å². The van der Waals surface area contributed by atoms with Crippen molar-refractivity contribution >= 4 is 0 Å². The van der Waals surface area contributed by atoms with Gasteiger partial charge in [0.2, 0.25) is 0 Å². The minimum absolute atomic E-state index is 0.211. The molecule has 1 aliphatic rings. The van der Waals surface area contributed by atoms with Crippen molar-refractivity contribution in [3.63, 3.8) is 0 Å². The van der Waals surface area contributed by atoms with E-state index >= 15 is 0 Å². The van der Waals surface area contributed by atoms with Crippen molar-refractivity contribution in [2.45, 2.75) is 13.0 Å². The second-order valence-corrected chi connectivity index (χ2v) is 6.94. The summed E-state index contributed by atoms with van der Waals surface area (Å²) in [5.74, 6) is 0.251. The first-order valence-electron chi connectivity index (χ1n) is 9.40. The second-order valence-electron chi connectivity index (χ2n) is 6.94. The molecule has 144 valence electrons. The van der Waals surface area contributed by atoms with Gasteiger partial charge in [0, 0.05) is 37.7 Å². The van der Waals surface area contributed by atoms with Crippen LogP contribution in [0.15, 0.2) is 59.4 Å². The number of hydrogen-bond donors (Lipinski definition) is 1. The lowest BCUT2D eigenvalue weighted by Gasteiger charge is -2.27. The van der Waals surface area contributed by atoms with Gasteiger partial charge in [-0.1, -0.05) is 36.4 Å². The molecule has 0 amide bonds.